The standard InChI is InChI=1S/C32H57N3O5.2ClH/c1-23(2)27(20-25-10-11-31(39-6)26(19-25)9-7-8-16-38-5)21-29(33)30(36)22-28(24(3)4)32(37)34-12-13-35-14-17-40-18-15-35;;/h10-11,19,23-24,27-30,36H,7-9,12-18,20-22,33H2,1-6H3,(H,34,37);2*1H/t27-,28-,29-,30-;;/m0../s1. The highest BCUT2D eigenvalue weighted by Gasteiger charge is 2.30. The molecule has 4 N–H and O–H groups in total. The van der Waals surface area contributed by atoms with Crippen LogP contribution >= 0.6 is 24.8 Å². The summed E-state index contributed by atoms with van der Waals surface area (Å²) in [6.07, 6.45) is 4.27. The molecule has 10 heteroatoms. The van der Waals surface area contributed by atoms with Crippen molar-refractivity contribution in [2.45, 2.75) is 78.4 Å². The van der Waals surface area contributed by atoms with Crippen molar-refractivity contribution in [1.29, 1.82) is 0 Å². The molecule has 42 heavy (non-hydrogen) atoms. The lowest BCUT2D eigenvalue weighted by atomic mass is 9.80. The fraction of sp³-hybridized carbons (Fsp3) is 0.781. The van der Waals surface area contributed by atoms with Gasteiger partial charge in [-0.25, -0.2) is 0 Å². The van der Waals surface area contributed by atoms with Crippen molar-refractivity contribution in [3.05, 3.63) is 29.3 Å². The summed E-state index contributed by atoms with van der Waals surface area (Å²) in [5.41, 5.74) is 9.08. The van der Waals surface area contributed by atoms with Crippen molar-refractivity contribution in [3.8, 4) is 5.75 Å². The number of nitrogens with two attached hydrogens (primary N) is 1. The van der Waals surface area contributed by atoms with Crippen LogP contribution in [0.15, 0.2) is 18.2 Å². The molecule has 0 unspecified atom stereocenters. The molecule has 1 aliphatic rings. The molecular weight excluding hydrogens is 577 g/mol. The quantitative estimate of drug-likeness (QED) is 0.192. The highest BCUT2D eigenvalue weighted by molar-refractivity contribution is 5.85. The van der Waals surface area contributed by atoms with E-state index in [1.165, 1.54) is 11.1 Å². The van der Waals surface area contributed by atoms with Gasteiger partial charge in [0.05, 0.1) is 26.4 Å². The van der Waals surface area contributed by atoms with E-state index in [1.54, 1.807) is 14.2 Å². The van der Waals surface area contributed by atoms with Gasteiger partial charge in [0.2, 0.25) is 5.91 Å². The van der Waals surface area contributed by atoms with Crippen LogP contribution in [0.4, 0.5) is 0 Å². The Labute approximate surface area is 267 Å². The molecule has 1 fully saturated rings. The number of ether oxygens (including phenoxy) is 3. The van der Waals surface area contributed by atoms with E-state index in [1.807, 2.05) is 13.8 Å². The molecule has 4 atom stereocenters. The van der Waals surface area contributed by atoms with Crippen LogP contribution in [0, 0.1) is 23.7 Å². The van der Waals surface area contributed by atoms with E-state index < -0.39 is 6.10 Å². The minimum atomic E-state index is -0.731. The van der Waals surface area contributed by atoms with Crippen LogP contribution in [-0.4, -0.2) is 88.3 Å². The Morgan fingerprint density at radius 2 is 1.76 bits per heavy atom. The van der Waals surface area contributed by atoms with Gasteiger partial charge in [0.25, 0.3) is 0 Å². The number of halogens is 2. The van der Waals surface area contributed by atoms with Crippen LogP contribution in [0.3, 0.4) is 0 Å². The van der Waals surface area contributed by atoms with Gasteiger partial charge in [-0.15, -0.1) is 24.8 Å². The van der Waals surface area contributed by atoms with Gasteiger partial charge < -0.3 is 30.4 Å². The molecular formula is C32H59Cl2N3O5. The lowest BCUT2D eigenvalue weighted by Gasteiger charge is -2.30. The number of aliphatic hydroxyl groups is 1. The first kappa shape index (κ1) is 40.9. The summed E-state index contributed by atoms with van der Waals surface area (Å²) in [6.45, 7) is 14.0. The third-order valence-electron chi connectivity index (χ3n) is 8.37. The summed E-state index contributed by atoms with van der Waals surface area (Å²) >= 11 is 0. The molecule has 1 aromatic rings. The highest BCUT2D eigenvalue weighted by atomic mass is 35.5. The number of nitrogens with one attached hydrogen (secondary N) is 1. The summed E-state index contributed by atoms with van der Waals surface area (Å²) in [5, 5.41) is 14.2. The average molecular weight is 637 g/mol. The number of hydrogen-bond acceptors (Lipinski definition) is 7. The maximum absolute atomic E-state index is 13.0. The van der Waals surface area contributed by atoms with Gasteiger partial charge >= 0.3 is 0 Å². The van der Waals surface area contributed by atoms with Crippen molar-refractivity contribution in [2.75, 3.05) is 60.2 Å². The molecule has 8 nitrogen and oxygen atoms in total. The number of aliphatic hydroxyl groups excluding tert-OH is 1. The van der Waals surface area contributed by atoms with Crippen LogP contribution < -0.4 is 15.8 Å². The van der Waals surface area contributed by atoms with Crippen molar-refractivity contribution in [2.24, 2.45) is 29.4 Å². The molecule has 2 rings (SSSR count). The lowest BCUT2D eigenvalue weighted by Crippen LogP contribution is -2.45. The molecule has 0 spiro atoms. The largest absolute Gasteiger partial charge is 0.496 e. The van der Waals surface area contributed by atoms with Crippen molar-refractivity contribution >= 4 is 30.7 Å². The maximum atomic E-state index is 13.0. The van der Waals surface area contributed by atoms with E-state index in [4.69, 9.17) is 19.9 Å². The minimum Gasteiger partial charge on any atom is -0.496 e. The molecule has 246 valence electrons. The second-order valence-electron chi connectivity index (χ2n) is 12.1. The second-order valence-corrected chi connectivity index (χ2v) is 12.1. The number of benzene rings is 1. The number of nitrogens with zero attached hydrogens (tertiary/aromatic N) is 1. The summed E-state index contributed by atoms with van der Waals surface area (Å²) < 4.78 is 16.2. The normalized spacial score (nSPS) is 16.7. The Morgan fingerprint density at radius 1 is 1.07 bits per heavy atom. The van der Waals surface area contributed by atoms with E-state index >= 15 is 0 Å². The Kier molecular flexibility index (Phi) is 21.8. The number of morpholine rings is 1. The van der Waals surface area contributed by atoms with Crippen LogP contribution in [0.1, 0.15) is 64.5 Å². The number of hydrogen-bond donors (Lipinski definition) is 3. The fourth-order valence-corrected chi connectivity index (χ4v) is 5.53. The summed E-state index contributed by atoms with van der Waals surface area (Å²) in [4.78, 5) is 15.3. The molecule has 1 aliphatic heterocycles. The molecule has 0 bridgehead atoms. The van der Waals surface area contributed by atoms with Crippen LogP contribution in [0.2, 0.25) is 0 Å². The van der Waals surface area contributed by atoms with E-state index in [-0.39, 0.29) is 48.6 Å². The zero-order valence-corrected chi connectivity index (χ0v) is 28.4. The topological polar surface area (TPSA) is 106 Å². The Bertz CT molecular complexity index is 855. The van der Waals surface area contributed by atoms with Crippen LogP contribution in [-0.2, 0) is 27.1 Å². The number of rotatable bonds is 19. The first-order valence-corrected chi connectivity index (χ1v) is 15.3. The molecule has 1 amide bonds. The molecule has 1 aromatic carbocycles. The third-order valence-corrected chi connectivity index (χ3v) is 8.37. The minimum absolute atomic E-state index is 0. The Hall–Kier alpha value is -1.13. The Morgan fingerprint density at radius 3 is 2.36 bits per heavy atom. The molecule has 0 radical (unpaired) electrons. The van der Waals surface area contributed by atoms with E-state index in [0.717, 1.165) is 70.9 Å². The Balaban J connectivity index is 0.00000840. The van der Waals surface area contributed by atoms with Gasteiger partial charge in [-0.2, -0.15) is 0 Å². The van der Waals surface area contributed by atoms with E-state index in [2.05, 4.69) is 42.3 Å². The molecule has 0 aromatic heterocycles. The predicted octanol–water partition coefficient (Wildman–Crippen LogP) is 4.51. The van der Waals surface area contributed by atoms with Crippen LogP contribution in [0.5, 0.6) is 5.75 Å². The highest BCUT2D eigenvalue weighted by Crippen LogP contribution is 2.28. The first-order valence-electron chi connectivity index (χ1n) is 15.3. The summed E-state index contributed by atoms with van der Waals surface area (Å²) in [5.74, 6) is 1.51. The van der Waals surface area contributed by atoms with Crippen molar-refractivity contribution < 1.29 is 24.1 Å². The number of carbonyl (C=O) groups excluding carboxylic acids is 1. The smallest absolute Gasteiger partial charge is 0.223 e. The third kappa shape index (κ3) is 14.6. The number of amides is 1. The van der Waals surface area contributed by atoms with Gasteiger partial charge in [-0.3, -0.25) is 9.69 Å². The SMILES string of the molecule is COCCCCc1cc(C[C@@H](C[C@H](N)[C@@H](O)C[C@H](C(=O)NCCN2CCOCC2)C(C)C)C(C)C)ccc1OC.Cl.Cl. The molecule has 0 aliphatic carbocycles. The van der Waals surface area contributed by atoms with Gasteiger partial charge in [0, 0.05) is 51.9 Å². The predicted molar refractivity (Wildman–Crippen MR) is 176 cm³/mol. The zero-order valence-electron chi connectivity index (χ0n) is 26.8. The first-order chi connectivity index (χ1) is 19.2. The average Bonchev–Trinajstić information content (AvgIpc) is 2.93. The van der Waals surface area contributed by atoms with Gasteiger partial charge in [0.15, 0.2) is 0 Å². The molecule has 0 saturated carbocycles. The zero-order chi connectivity index (χ0) is 29.5. The number of carbonyl (C=O) groups is 1. The van der Waals surface area contributed by atoms with E-state index in [0.29, 0.717) is 31.2 Å². The number of aryl methyl sites for hydroxylation is 1. The number of unbranched alkanes of at least 4 members (excludes halogenated alkanes) is 1. The summed E-state index contributed by atoms with van der Waals surface area (Å²) in [7, 11) is 3.46. The van der Waals surface area contributed by atoms with Gasteiger partial charge in [0.1, 0.15) is 5.75 Å². The maximum Gasteiger partial charge on any atom is 0.223 e. The molecule has 1 saturated heterocycles. The lowest BCUT2D eigenvalue weighted by molar-refractivity contribution is -0.127. The van der Waals surface area contributed by atoms with Crippen LogP contribution in [0.25, 0.3) is 0 Å². The van der Waals surface area contributed by atoms with Gasteiger partial charge in [-0.1, -0.05) is 39.8 Å². The molecule has 1 heterocycles. The van der Waals surface area contributed by atoms with Crippen molar-refractivity contribution in [1.82, 2.24) is 10.2 Å². The number of methoxy groups -OCH3 is 2. The van der Waals surface area contributed by atoms with Gasteiger partial charge in [-0.05, 0) is 73.5 Å². The monoisotopic (exact) mass is 635 g/mol. The second kappa shape index (κ2) is 22.4. The van der Waals surface area contributed by atoms with Crippen molar-refractivity contribution in [3.63, 3.8) is 0 Å². The van der Waals surface area contributed by atoms with E-state index in [9.17, 15) is 9.90 Å². The fourth-order valence-electron chi connectivity index (χ4n) is 5.53. The summed E-state index contributed by atoms with van der Waals surface area (Å²) in [6, 6.07) is 6.09.